The summed E-state index contributed by atoms with van der Waals surface area (Å²) in [6.07, 6.45) is 3.48. The molecular formula is C18H20ClFN2O. The first-order valence-electron chi connectivity index (χ1n) is 7.80. The van der Waals surface area contributed by atoms with Crippen molar-refractivity contribution in [3.8, 4) is 0 Å². The van der Waals surface area contributed by atoms with Crippen molar-refractivity contribution in [1.82, 2.24) is 9.47 Å². The van der Waals surface area contributed by atoms with Crippen molar-refractivity contribution >= 4 is 17.5 Å². The van der Waals surface area contributed by atoms with Crippen LogP contribution in [0, 0.1) is 18.7 Å². The number of aryl methyl sites for hydroxylation is 2. The van der Waals surface area contributed by atoms with Crippen LogP contribution in [0.4, 0.5) is 4.39 Å². The van der Waals surface area contributed by atoms with Crippen LogP contribution in [0.5, 0.6) is 0 Å². The average molecular weight is 335 g/mol. The number of hydrogen-bond acceptors (Lipinski definition) is 1. The molecule has 1 saturated heterocycles. The van der Waals surface area contributed by atoms with Gasteiger partial charge < -0.3 is 9.47 Å². The third kappa shape index (κ3) is 3.42. The van der Waals surface area contributed by atoms with E-state index in [0.29, 0.717) is 28.7 Å². The van der Waals surface area contributed by atoms with E-state index in [4.69, 9.17) is 11.6 Å². The molecule has 2 heterocycles. The highest BCUT2D eigenvalue weighted by atomic mass is 35.5. The Morgan fingerprint density at radius 2 is 2.17 bits per heavy atom. The molecule has 1 fully saturated rings. The summed E-state index contributed by atoms with van der Waals surface area (Å²) in [5.41, 5.74) is 2.27. The molecular weight excluding hydrogens is 315 g/mol. The third-order valence-electron chi connectivity index (χ3n) is 4.52. The van der Waals surface area contributed by atoms with Crippen molar-refractivity contribution in [2.24, 2.45) is 13.0 Å². The summed E-state index contributed by atoms with van der Waals surface area (Å²) in [4.78, 5) is 14.4. The number of carbonyl (C=O) groups excluding carboxylic acids is 1. The Bertz CT molecular complexity index is 741. The lowest BCUT2D eigenvalue weighted by Gasteiger charge is -2.17. The van der Waals surface area contributed by atoms with Gasteiger partial charge in [-0.2, -0.15) is 0 Å². The summed E-state index contributed by atoms with van der Waals surface area (Å²) in [5.74, 6) is 0.223. The maximum absolute atomic E-state index is 13.6. The summed E-state index contributed by atoms with van der Waals surface area (Å²) in [6, 6.07) is 7.09. The number of carbonyl (C=O) groups is 1. The van der Waals surface area contributed by atoms with Crippen molar-refractivity contribution in [3.05, 3.63) is 58.1 Å². The Morgan fingerprint density at radius 3 is 2.83 bits per heavy atom. The summed E-state index contributed by atoms with van der Waals surface area (Å²) < 4.78 is 15.4. The fourth-order valence-electron chi connectivity index (χ4n) is 3.18. The maximum Gasteiger partial charge on any atom is 0.270 e. The van der Waals surface area contributed by atoms with E-state index in [1.165, 1.54) is 0 Å². The van der Waals surface area contributed by atoms with Gasteiger partial charge in [0.05, 0.1) is 5.02 Å². The lowest BCUT2D eigenvalue weighted by atomic mass is 9.98. The number of rotatable bonds is 3. The first-order chi connectivity index (χ1) is 10.9. The Balaban J connectivity index is 1.65. The standard InChI is InChI=1S/C18H20ClFN2O/c1-12-3-4-13(8-16(12)20)7-14-5-6-22(10-14)18(23)17-9-15(19)11-21(17)2/h3-4,8-9,11,14H,5-7,10H2,1-2H3. The van der Waals surface area contributed by atoms with Gasteiger partial charge in [0, 0.05) is 26.3 Å². The van der Waals surface area contributed by atoms with E-state index in [-0.39, 0.29) is 11.7 Å². The number of benzene rings is 1. The van der Waals surface area contributed by atoms with Gasteiger partial charge in [-0.05, 0) is 48.9 Å². The molecule has 23 heavy (non-hydrogen) atoms. The molecule has 3 nitrogen and oxygen atoms in total. The number of nitrogens with zero attached hydrogens (tertiary/aromatic N) is 2. The number of hydrogen-bond donors (Lipinski definition) is 0. The molecule has 5 heteroatoms. The lowest BCUT2D eigenvalue weighted by molar-refractivity contribution is 0.0777. The monoisotopic (exact) mass is 334 g/mol. The first kappa shape index (κ1) is 16.1. The van der Waals surface area contributed by atoms with Crippen molar-refractivity contribution in [2.45, 2.75) is 19.8 Å². The van der Waals surface area contributed by atoms with Crippen LogP contribution in [-0.4, -0.2) is 28.5 Å². The molecule has 0 radical (unpaired) electrons. The van der Waals surface area contributed by atoms with Crippen molar-refractivity contribution in [2.75, 3.05) is 13.1 Å². The quantitative estimate of drug-likeness (QED) is 0.837. The maximum atomic E-state index is 13.6. The molecule has 0 aliphatic carbocycles. The smallest absolute Gasteiger partial charge is 0.270 e. The molecule has 0 N–H and O–H groups in total. The van der Waals surface area contributed by atoms with E-state index in [1.807, 2.05) is 24.1 Å². The number of aromatic nitrogens is 1. The zero-order valence-corrected chi connectivity index (χ0v) is 14.1. The minimum atomic E-state index is -0.160. The van der Waals surface area contributed by atoms with Gasteiger partial charge in [-0.3, -0.25) is 4.79 Å². The molecule has 0 saturated carbocycles. The molecule has 1 aliphatic heterocycles. The van der Waals surface area contributed by atoms with E-state index in [2.05, 4.69) is 0 Å². The minimum absolute atomic E-state index is 0.0111. The molecule has 0 bridgehead atoms. The molecule has 1 aliphatic rings. The minimum Gasteiger partial charge on any atom is -0.345 e. The van der Waals surface area contributed by atoms with Crippen LogP contribution in [0.25, 0.3) is 0 Å². The summed E-state index contributed by atoms with van der Waals surface area (Å²) in [7, 11) is 1.82. The molecule has 1 aromatic heterocycles. The Labute approximate surface area is 140 Å². The van der Waals surface area contributed by atoms with Crippen LogP contribution in [0.15, 0.2) is 30.5 Å². The molecule has 2 aromatic rings. The SMILES string of the molecule is Cc1ccc(CC2CCN(C(=O)c3cc(Cl)cn3C)C2)cc1F. The largest absolute Gasteiger partial charge is 0.345 e. The second kappa shape index (κ2) is 6.36. The van der Waals surface area contributed by atoms with Crippen molar-refractivity contribution < 1.29 is 9.18 Å². The van der Waals surface area contributed by atoms with E-state index in [1.54, 1.807) is 29.8 Å². The van der Waals surface area contributed by atoms with Crippen molar-refractivity contribution in [3.63, 3.8) is 0 Å². The highest BCUT2D eigenvalue weighted by molar-refractivity contribution is 6.31. The third-order valence-corrected chi connectivity index (χ3v) is 4.73. The molecule has 1 amide bonds. The Kier molecular flexibility index (Phi) is 4.44. The summed E-state index contributed by atoms with van der Waals surface area (Å²) >= 11 is 5.95. The van der Waals surface area contributed by atoms with Gasteiger partial charge in [0.15, 0.2) is 0 Å². The Morgan fingerprint density at radius 1 is 1.39 bits per heavy atom. The van der Waals surface area contributed by atoms with Gasteiger partial charge in [0.2, 0.25) is 0 Å². The van der Waals surface area contributed by atoms with E-state index in [0.717, 1.165) is 24.9 Å². The second-order valence-electron chi connectivity index (χ2n) is 6.35. The molecule has 1 aromatic carbocycles. The van der Waals surface area contributed by atoms with Gasteiger partial charge in [-0.1, -0.05) is 23.7 Å². The topological polar surface area (TPSA) is 25.2 Å². The average Bonchev–Trinajstić information content (AvgIpc) is 3.09. The van der Waals surface area contributed by atoms with Crippen LogP contribution in [0.3, 0.4) is 0 Å². The van der Waals surface area contributed by atoms with Crippen LogP contribution in [0.2, 0.25) is 5.02 Å². The lowest BCUT2D eigenvalue weighted by Crippen LogP contribution is -2.30. The molecule has 1 atom stereocenters. The first-order valence-corrected chi connectivity index (χ1v) is 8.18. The number of amides is 1. The van der Waals surface area contributed by atoms with Crippen LogP contribution in [-0.2, 0) is 13.5 Å². The molecule has 1 unspecified atom stereocenters. The highest BCUT2D eigenvalue weighted by Crippen LogP contribution is 2.24. The van der Waals surface area contributed by atoms with Crippen molar-refractivity contribution in [1.29, 1.82) is 0 Å². The van der Waals surface area contributed by atoms with E-state index < -0.39 is 0 Å². The molecule has 0 spiro atoms. The fourth-order valence-corrected chi connectivity index (χ4v) is 3.43. The highest BCUT2D eigenvalue weighted by Gasteiger charge is 2.28. The predicted molar refractivity (Wildman–Crippen MR) is 89.3 cm³/mol. The van der Waals surface area contributed by atoms with Gasteiger partial charge >= 0.3 is 0 Å². The van der Waals surface area contributed by atoms with Crippen LogP contribution < -0.4 is 0 Å². The van der Waals surface area contributed by atoms with Gasteiger partial charge in [-0.25, -0.2) is 4.39 Å². The van der Waals surface area contributed by atoms with E-state index in [9.17, 15) is 9.18 Å². The van der Waals surface area contributed by atoms with Gasteiger partial charge in [-0.15, -0.1) is 0 Å². The summed E-state index contributed by atoms with van der Waals surface area (Å²) in [6.45, 7) is 3.21. The summed E-state index contributed by atoms with van der Waals surface area (Å²) in [5, 5.41) is 0.571. The van der Waals surface area contributed by atoms with Gasteiger partial charge in [0.25, 0.3) is 5.91 Å². The van der Waals surface area contributed by atoms with Gasteiger partial charge in [0.1, 0.15) is 11.5 Å². The normalized spacial score (nSPS) is 17.7. The fraction of sp³-hybridized carbons (Fsp3) is 0.389. The number of likely N-dealkylation sites (tertiary alicyclic amines) is 1. The predicted octanol–water partition coefficient (Wildman–Crippen LogP) is 3.83. The van der Waals surface area contributed by atoms with Crippen LogP contribution in [0.1, 0.15) is 28.0 Å². The molecule has 122 valence electrons. The second-order valence-corrected chi connectivity index (χ2v) is 6.78. The zero-order chi connectivity index (χ0) is 16.6. The molecule has 3 rings (SSSR count). The van der Waals surface area contributed by atoms with Crippen LogP contribution >= 0.6 is 11.6 Å². The Hall–Kier alpha value is -1.81. The number of halogens is 2. The van der Waals surface area contributed by atoms with E-state index >= 15 is 0 Å². The zero-order valence-electron chi connectivity index (χ0n) is 13.4.